The molecule has 0 unspecified atom stereocenters. The first-order chi connectivity index (χ1) is 14.7. The first-order valence-corrected chi connectivity index (χ1v) is 11.6. The molecule has 0 saturated heterocycles. The number of hydrogen-bond acceptors (Lipinski definition) is 3. The summed E-state index contributed by atoms with van der Waals surface area (Å²) in [6.07, 6.45) is 1.75. The van der Waals surface area contributed by atoms with Gasteiger partial charge in [-0.3, -0.25) is 9.59 Å². The molecular weight excluding hydrogens is 456 g/mol. The molecule has 6 heteroatoms. The van der Waals surface area contributed by atoms with Crippen molar-refractivity contribution in [2.45, 2.75) is 66.1 Å². The average Bonchev–Trinajstić information content (AvgIpc) is 2.76. The van der Waals surface area contributed by atoms with Gasteiger partial charge in [-0.15, -0.1) is 0 Å². The molecule has 31 heavy (non-hydrogen) atoms. The summed E-state index contributed by atoms with van der Waals surface area (Å²) in [4.78, 5) is 27.5. The Morgan fingerprint density at radius 3 is 2.29 bits per heavy atom. The highest BCUT2D eigenvalue weighted by Gasteiger charge is 2.27. The number of ether oxygens (including phenoxy) is 1. The Morgan fingerprint density at radius 2 is 1.71 bits per heavy atom. The predicted molar refractivity (Wildman–Crippen MR) is 128 cm³/mol. The number of amides is 2. The maximum atomic E-state index is 13.1. The lowest BCUT2D eigenvalue weighted by Gasteiger charge is -2.29. The highest BCUT2D eigenvalue weighted by atomic mass is 79.9. The van der Waals surface area contributed by atoms with E-state index in [1.54, 1.807) is 11.8 Å². The molecule has 0 spiro atoms. The maximum Gasteiger partial charge on any atom is 0.261 e. The minimum absolute atomic E-state index is 0.0514. The summed E-state index contributed by atoms with van der Waals surface area (Å²) in [5.41, 5.74) is 3.30. The molecule has 0 aliphatic carbocycles. The summed E-state index contributed by atoms with van der Waals surface area (Å²) in [5, 5.41) is 2.97. The van der Waals surface area contributed by atoms with Crippen LogP contribution in [0.1, 0.15) is 50.8 Å². The Hall–Kier alpha value is -2.34. The van der Waals surface area contributed by atoms with E-state index in [1.807, 2.05) is 63.2 Å². The maximum absolute atomic E-state index is 13.1. The molecule has 0 radical (unpaired) electrons. The molecule has 0 aliphatic rings. The third-order valence-electron chi connectivity index (χ3n) is 5.40. The third-order valence-corrected chi connectivity index (χ3v) is 6.02. The van der Waals surface area contributed by atoms with Gasteiger partial charge >= 0.3 is 0 Å². The van der Waals surface area contributed by atoms with Crippen molar-refractivity contribution < 1.29 is 14.3 Å². The molecule has 2 amide bonds. The zero-order chi connectivity index (χ0) is 23.0. The van der Waals surface area contributed by atoms with E-state index < -0.39 is 6.04 Å². The van der Waals surface area contributed by atoms with Gasteiger partial charge in [0.25, 0.3) is 5.91 Å². The largest absolute Gasteiger partial charge is 0.483 e. The normalized spacial score (nSPS) is 12.7. The van der Waals surface area contributed by atoms with Gasteiger partial charge in [-0.2, -0.15) is 0 Å². The number of benzene rings is 2. The fourth-order valence-electron chi connectivity index (χ4n) is 3.04. The molecule has 0 saturated carbocycles. The Labute approximate surface area is 194 Å². The van der Waals surface area contributed by atoms with E-state index in [4.69, 9.17) is 4.74 Å². The van der Waals surface area contributed by atoms with Crippen LogP contribution in [-0.4, -0.2) is 35.4 Å². The smallest absolute Gasteiger partial charge is 0.261 e. The van der Waals surface area contributed by atoms with Crippen molar-refractivity contribution in [1.82, 2.24) is 10.2 Å². The van der Waals surface area contributed by atoms with Crippen molar-refractivity contribution in [2.24, 2.45) is 0 Å². The van der Waals surface area contributed by atoms with E-state index in [1.165, 1.54) is 5.56 Å². The van der Waals surface area contributed by atoms with Gasteiger partial charge in [0.05, 0.1) is 4.47 Å². The standard InChI is InChI=1S/C25H33BrN2O3/c1-6-18(4)27-25(30)19(5)28(15-21-10-8-17(3)9-11-21)24(29)16-31-23-13-12-20(7-2)14-22(23)26/h8-14,18-19H,6-7,15-16H2,1-5H3,(H,27,30)/t18-,19+/m1/s1. The van der Waals surface area contributed by atoms with Crippen LogP contribution in [-0.2, 0) is 22.6 Å². The van der Waals surface area contributed by atoms with E-state index in [0.717, 1.165) is 28.4 Å². The van der Waals surface area contributed by atoms with E-state index in [2.05, 4.69) is 28.2 Å². The van der Waals surface area contributed by atoms with Crippen molar-refractivity contribution in [3.05, 3.63) is 63.6 Å². The van der Waals surface area contributed by atoms with Crippen LogP contribution in [0.3, 0.4) is 0 Å². The van der Waals surface area contributed by atoms with E-state index in [9.17, 15) is 9.59 Å². The monoisotopic (exact) mass is 488 g/mol. The van der Waals surface area contributed by atoms with Crippen LogP contribution in [0.15, 0.2) is 46.9 Å². The summed E-state index contributed by atoms with van der Waals surface area (Å²) in [5.74, 6) is 0.208. The molecule has 0 aromatic heterocycles. The first kappa shape index (κ1) is 24.9. The minimum atomic E-state index is -0.614. The van der Waals surface area contributed by atoms with Crippen molar-refractivity contribution in [1.29, 1.82) is 0 Å². The van der Waals surface area contributed by atoms with Gasteiger partial charge in [0.2, 0.25) is 5.91 Å². The number of nitrogens with one attached hydrogen (secondary N) is 1. The fourth-order valence-corrected chi connectivity index (χ4v) is 3.58. The second-order valence-corrected chi connectivity index (χ2v) is 8.76. The molecule has 168 valence electrons. The minimum Gasteiger partial charge on any atom is -0.483 e. The van der Waals surface area contributed by atoms with Crippen molar-refractivity contribution in [3.8, 4) is 5.75 Å². The number of halogens is 1. The lowest BCUT2D eigenvalue weighted by atomic mass is 10.1. The SMILES string of the molecule is CCc1ccc(OCC(=O)N(Cc2ccc(C)cc2)[C@@H](C)C(=O)N[C@H](C)CC)c(Br)c1. The molecular formula is C25H33BrN2O3. The highest BCUT2D eigenvalue weighted by Crippen LogP contribution is 2.26. The predicted octanol–water partition coefficient (Wildman–Crippen LogP) is 5.03. The van der Waals surface area contributed by atoms with Crippen LogP contribution in [0.4, 0.5) is 0 Å². The van der Waals surface area contributed by atoms with Gasteiger partial charge in [-0.05, 0) is 72.8 Å². The van der Waals surface area contributed by atoms with Crippen molar-refractivity contribution >= 4 is 27.7 Å². The van der Waals surface area contributed by atoms with Crippen molar-refractivity contribution in [3.63, 3.8) is 0 Å². The Morgan fingerprint density at radius 1 is 1.06 bits per heavy atom. The molecule has 0 bridgehead atoms. The lowest BCUT2D eigenvalue weighted by Crippen LogP contribution is -2.50. The van der Waals surface area contributed by atoms with Crippen LogP contribution < -0.4 is 10.1 Å². The second kappa shape index (κ2) is 11.9. The summed E-state index contributed by atoms with van der Waals surface area (Å²) in [7, 11) is 0. The molecule has 2 atom stereocenters. The van der Waals surface area contributed by atoms with Crippen LogP contribution in [0.25, 0.3) is 0 Å². The molecule has 5 nitrogen and oxygen atoms in total. The molecule has 2 aromatic rings. The number of hydrogen-bond donors (Lipinski definition) is 1. The van der Waals surface area contributed by atoms with Gasteiger partial charge in [0.15, 0.2) is 6.61 Å². The summed E-state index contributed by atoms with van der Waals surface area (Å²) in [6.45, 7) is 10.0. The number of carbonyl (C=O) groups is 2. The zero-order valence-electron chi connectivity index (χ0n) is 19.1. The molecule has 1 N–H and O–H groups in total. The van der Waals surface area contributed by atoms with Crippen LogP contribution in [0.2, 0.25) is 0 Å². The topological polar surface area (TPSA) is 58.6 Å². The van der Waals surface area contributed by atoms with Crippen LogP contribution >= 0.6 is 15.9 Å². The van der Waals surface area contributed by atoms with E-state index in [-0.39, 0.29) is 24.5 Å². The lowest BCUT2D eigenvalue weighted by molar-refractivity contribution is -0.142. The molecule has 0 aliphatic heterocycles. The second-order valence-electron chi connectivity index (χ2n) is 7.91. The highest BCUT2D eigenvalue weighted by molar-refractivity contribution is 9.10. The third kappa shape index (κ3) is 7.39. The Bertz CT molecular complexity index is 883. The molecule has 2 aromatic carbocycles. The van der Waals surface area contributed by atoms with E-state index >= 15 is 0 Å². The molecule has 0 heterocycles. The van der Waals surface area contributed by atoms with Gasteiger partial charge < -0.3 is 15.0 Å². The fraction of sp³-hybridized carbons (Fsp3) is 0.440. The van der Waals surface area contributed by atoms with E-state index in [0.29, 0.717) is 12.3 Å². The number of aryl methyl sites for hydroxylation is 2. The van der Waals surface area contributed by atoms with Gasteiger partial charge in [0.1, 0.15) is 11.8 Å². The Balaban J connectivity index is 2.16. The number of nitrogens with zero attached hydrogens (tertiary/aromatic N) is 1. The number of carbonyl (C=O) groups excluding carboxylic acids is 2. The van der Waals surface area contributed by atoms with Crippen LogP contribution in [0.5, 0.6) is 5.75 Å². The van der Waals surface area contributed by atoms with Gasteiger partial charge in [-0.1, -0.05) is 49.7 Å². The zero-order valence-corrected chi connectivity index (χ0v) is 20.7. The molecule has 0 fully saturated rings. The molecule has 2 rings (SSSR count). The van der Waals surface area contributed by atoms with Gasteiger partial charge in [-0.25, -0.2) is 0 Å². The summed E-state index contributed by atoms with van der Waals surface area (Å²) < 4.78 is 6.61. The first-order valence-electron chi connectivity index (χ1n) is 10.8. The van der Waals surface area contributed by atoms with Gasteiger partial charge in [0, 0.05) is 12.6 Å². The van der Waals surface area contributed by atoms with Crippen molar-refractivity contribution in [2.75, 3.05) is 6.61 Å². The average molecular weight is 489 g/mol. The number of rotatable bonds is 10. The van der Waals surface area contributed by atoms with Crippen LogP contribution in [0, 0.1) is 6.92 Å². The Kier molecular flexibility index (Phi) is 9.56. The summed E-state index contributed by atoms with van der Waals surface area (Å²) >= 11 is 3.51. The quantitative estimate of drug-likeness (QED) is 0.509. The summed E-state index contributed by atoms with van der Waals surface area (Å²) in [6, 6.07) is 13.2.